The van der Waals surface area contributed by atoms with Crippen LogP contribution in [-0.4, -0.2) is 25.7 Å². The predicted molar refractivity (Wildman–Crippen MR) is 70.7 cm³/mol. The first kappa shape index (κ1) is 11.9. The molecule has 0 radical (unpaired) electrons. The second-order valence-electron chi connectivity index (χ2n) is 4.20. The summed E-state index contributed by atoms with van der Waals surface area (Å²) in [6.45, 7) is 3.00. The van der Waals surface area contributed by atoms with Crippen LogP contribution in [0.4, 0.5) is 0 Å². The van der Waals surface area contributed by atoms with Crippen LogP contribution in [0, 0.1) is 6.92 Å². The molecule has 0 fully saturated rings. The molecule has 2 aromatic rings. The summed E-state index contributed by atoms with van der Waals surface area (Å²) in [5.74, 6) is 0.853. The van der Waals surface area contributed by atoms with E-state index in [2.05, 4.69) is 35.4 Å². The third-order valence-electron chi connectivity index (χ3n) is 2.81. The van der Waals surface area contributed by atoms with Gasteiger partial charge >= 0.3 is 0 Å². The van der Waals surface area contributed by atoms with E-state index in [4.69, 9.17) is 4.74 Å². The average molecular weight is 230 g/mol. The summed E-state index contributed by atoms with van der Waals surface area (Å²) in [6, 6.07) is 8.35. The van der Waals surface area contributed by atoms with Crippen molar-refractivity contribution >= 4 is 10.9 Å². The van der Waals surface area contributed by atoms with Gasteiger partial charge in [0.15, 0.2) is 0 Å². The number of fused-ring (bicyclic) bond motifs is 1. The lowest BCUT2D eigenvalue weighted by molar-refractivity contribution is 0.418. The van der Waals surface area contributed by atoms with Gasteiger partial charge in [-0.15, -0.1) is 0 Å². The van der Waals surface area contributed by atoms with E-state index in [0.717, 1.165) is 35.3 Å². The molecular formula is C14H18N2O. The molecule has 0 aliphatic heterocycles. The molecule has 3 nitrogen and oxygen atoms in total. The lowest BCUT2D eigenvalue weighted by atomic mass is 10.1. The molecule has 1 aromatic carbocycles. The van der Waals surface area contributed by atoms with Gasteiger partial charge in [-0.25, -0.2) is 4.98 Å². The molecule has 1 heterocycles. The molecule has 0 aliphatic rings. The fourth-order valence-electron chi connectivity index (χ4n) is 1.93. The molecule has 0 saturated carbocycles. The van der Waals surface area contributed by atoms with Gasteiger partial charge in [0, 0.05) is 24.0 Å². The molecule has 0 amide bonds. The number of hydrogen-bond donors (Lipinski definition) is 1. The summed E-state index contributed by atoms with van der Waals surface area (Å²) in [7, 11) is 3.64. The maximum atomic E-state index is 5.39. The Morgan fingerprint density at radius 3 is 2.82 bits per heavy atom. The van der Waals surface area contributed by atoms with E-state index >= 15 is 0 Å². The quantitative estimate of drug-likeness (QED) is 0.875. The molecule has 90 valence electrons. The van der Waals surface area contributed by atoms with Gasteiger partial charge in [0.25, 0.3) is 0 Å². The fraction of sp³-hybridized carbons (Fsp3) is 0.357. The van der Waals surface area contributed by atoms with Crippen molar-refractivity contribution in [2.24, 2.45) is 0 Å². The Labute approximate surface area is 102 Å². The zero-order valence-corrected chi connectivity index (χ0v) is 10.6. The van der Waals surface area contributed by atoms with E-state index in [0.29, 0.717) is 0 Å². The largest absolute Gasteiger partial charge is 0.494 e. The number of aromatic nitrogens is 1. The van der Waals surface area contributed by atoms with Gasteiger partial charge < -0.3 is 10.1 Å². The van der Waals surface area contributed by atoms with Gasteiger partial charge in [0.1, 0.15) is 11.3 Å². The van der Waals surface area contributed by atoms with Crippen LogP contribution >= 0.6 is 0 Å². The number of benzene rings is 1. The SMILES string of the molecule is CNCCc1ccc2cc(C)cc(OC)c2n1. The third kappa shape index (κ3) is 2.56. The minimum Gasteiger partial charge on any atom is -0.494 e. The van der Waals surface area contributed by atoms with Crippen molar-refractivity contribution in [2.45, 2.75) is 13.3 Å². The van der Waals surface area contributed by atoms with Crippen molar-refractivity contribution < 1.29 is 4.74 Å². The highest BCUT2D eigenvalue weighted by Gasteiger charge is 2.05. The van der Waals surface area contributed by atoms with Crippen LogP contribution in [0.2, 0.25) is 0 Å². The number of hydrogen-bond acceptors (Lipinski definition) is 3. The van der Waals surface area contributed by atoms with Crippen LogP contribution < -0.4 is 10.1 Å². The van der Waals surface area contributed by atoms with Crippen LogP contribution in [0.15, 0.2) is 24.3 Å². The summed E-state index contributed by atoms with van der Waals surface area (Å²) >= 11 is 0. The molecule has 0 spiro atoms. The zero-order chi connectivity index (χ0) is 12.3. The van der Waals surface area contributed by atoms with Crippen molar-refractivity contribution in [3.8, 4) is 5.75 Å². The molecule has 1 aromatic heterocycles. The molecule has 1 N–H and O–H groups in total. The normalized spacial score (nSPS) is 10.8. The van der Waals surface area contributed by atoms with Crippen LogP contribution in [0.5, 0.6) is 5.75 Å². The highest BCUT2D eigenvalue weighted by atomic mass is 16.5. The van der Waals surface area contributed by atoms with Crippen molar-refractivity contribution in [1.82, 2.24) is 10.3 Å². The van der Waals surface area contributed by atoms with Gasteiger partial charge in [-0.3, -0.25) is 0 Å². The lowest BCUT2D eigenvalue weighted by Gasteiger charge is -2.08. The molecule has 2 rings (SSSR count). The van der Waals surface area contributed by atoms with Crippen molar-refractivity contribution in [3.05, 3.63) is 35.5 Å². The van der Waals surface area contributed by atoms with Gasteiger partial charge in [-0.05, 0) is 37.7 Å². The molecule has 0 aliphatic carbocycles. The van der Waals surface area contributed by atoms with E-state index in [9.17, 15) is 0 Å². The zero-order valence-electron chi connectivity index (χ0n) is 10.6. The number of nitrogens with zero attached hydrogens (tertiary/aromatic N) is 1. The monoisotopic (exact) mass is 230 g/mol. The Balaban J connectivity index is 2.47. The fourth-order valence-corrected chi connectivity index (χ4v) is 1.93. The summed E-state index contributed by atoms with van der Waals surface area (Å²) in [4.78, 5) is 4.66. The number of likely N-dealkylation sites (N-methyl/N-ethyl adjacent to an activating group) is 1. The Hall–Kier alpha value is -1.61. The Morgan fingerprint density at radius 2 is 2.12 bits per heavy atom. The van der Waals surface area contributed by atoms with E-state index in [1.165, 1.54) is 5.56 Å². The Kier molecular flexibility index (Phi) is 3.59. The van der Waals surface area contributed by atoms with Gasteiger partial charge in [0.05, 0.1) is 7.11 Å². The molecule has 0 atom stereocenters. The summed E-state index contributed by atoms with van der Waals surface area (Å²) in [5, 5.41) is 4.27. The molecule has 17 heavy (non-hydrogen) atoms. The first-order valence-electron chi connectivity index (χ1n) is 5.83. The van der Waals surface area contributed by atoms with Crippen LogP contribution in [0.25, 0.3) is 10.9 Å². The molecule has 0 unspecified atom stereocenters. The van der Waals surface area contributed by atoms with E-state index in [1.54, 1.807) is 7.11 Å². The molecular weight excluding hydrogens is 212 g/mol. The van der Waals surface area contributed by atoms with Crippen molar-refractivity contribution in [1.29, 1.82) is 0 Å². The third-order valence-corrected chi connectivity index (χ3v) is 2.81. The highest BCUT2D eigenvalue weighted by molar-refractivity contribution is 5.85. The Morgan fingerprint density at radius 1 is 1.29 bits per heavy atom. The minimum absolute atomic E-state index is 0.853. The number of aryl methyl sites for hydroxylation is 1. The van der Waals surface area contributed by atoms with Gasteiger partial charge in [0.2, 0.25) is 0 Å². The van der Waals surface area contributed by atoms with E-state index in [-0.39, 0.29) is 0 Å². The van der Waals surface area contributed by atoms with E-state index < -0.39 is 0 Å². The molecule has 3 heteroatoms. The predicted octanol–water partition coefficient (Wildman–Crippen LogP) is 2.31. The van der Waals surface area contributed by atoms with Crippen LogP contribution in [0.3, 0.4) is 0 Å². The first-order valence-corrected chi connectivity index (χ1v) is 5.83. The standard InChI is InChI=1S/C14H18N2O/c1-10-8-11-4-5-12(6-7-15-2)16-14(11)13(9-10)17-3/h4-5,8-9,15H,6-7H2,1-3H3. The van der Waals surface area contributed by atoms with Crippen LogP contribution in [-0.2, 0) is 6.42 Å². The average Bonchev–Trinajstić information content (AvgIpc) is 2.35. The smallest absolute Gasteiger partial charge is 0.145 e. The summed E-state index contributed by atoms with van der Waals surface area (Å²) < 4.78 is 5.39. The number of rotatable bonds is 4. The van der Waals surface area contributed by atoms with E-state index in [1.807, 2.05) is 13.1 Å². The summed E-state index contributed by atoms with van der Waals surface area (Å²) in [6.07, 6.45) is 0.934. The van der Waals surface area contributed by atoms with Crippen molar-refractivity contribution in [3.63, 3.8) is 0 Å². The molecule has 0 saturated heterocycles. The highest BCUT2D eigenvalue weighted by Crippen LogP contribution is 2.25. The molecule has 0 bridgehead atoms. The maximum Gasteiger partial charge on any atom is 0.145 e. The second-order valence-corrected chi connectivity index (χ2v) is 4.20. The Bertz CT molecular complexity index is 523. The number of pyridine rings is 1. The number of ether oxygens (including phenoxy) is 1. The number of nitrogens with one attached hydrogen (secondary N) is 1. The maximum absolute atomic E-state index is 5.39. The topological polar surface area (TPSA) is 34.1 Å². The second kappa shape index (κ2) is 5.15. The van der Waals surface area contributed by atoms with Crippen molar-refractivity contribution in [2.75, 3.05) is 20.7 Å². The lowest BCUT2D eigenvalue weighted by Crippen LogP contribution is -2.11. The summed E-state index contributed by atoms with van der Waals surface area (Å²) in [5.41, 5.74) is 3.24. The number of methoxy groups -OCH3 is 1. The van der Waals surface area contributed by atoms with Gasteiger partial charge in [-0.1, -0.05) is 6.07 Å². The van der Waals surface area contributed by atoms with Gasteiger partial charge in [-0.2, -0.15) is 0 Å². The van der Waals surface area contributed by atoms with Crippen LogP contribution in [0.1, 0.15) is 11.3 Å². The minimum atomic E-state index is 0.853. The first-order chi connectivity index (χ1) is 8.24.